The Bertz CT molecular complexity index is 511. The van der Waals surface area contributed by atoms with E-state index in [1.807, 2.05) is 25.1 Å². The first kappa shape index (κ1) is 9.27. The molecule has 1 aromatic heterocycles. The van der Waals surface area contributed by atoms with Gasteiger partial charge in [-0.1, -0.05) is 22.0 Å². The Balaban J connectivity index is 2.83. The molecule has 4 heteroatoms. The molecule has 2 rings (SSSR count). The third-order valence-electron chi connectivity index (χ3n) is 2.17. The van der Waals surface area contributed by atoms with Gasteiger partial charge in [-0.25, -0.2) is 0 Å². The Hall–Kier alpha value is -1.29. The molecular formula is C10H7BrN2O. The van der Waals surface area contributed by atoms with Crippen LogP contribution in [0.3, 0.4) is 0 Å². The van der Waals surface area contributed by atoms with Crippen LogP contribution >= 0.6 is 15.9 Å². The summed E-state index contributed by atoms with van der Waals surface area (Å²) in [6.07, 6.45) is 1.50. The standard InChI is InChI=1S/C10H7BrN2O/c1-6-8-3-2-7(11)4-9(8)12-5-10(6)13-14/h2-5H,1H3. The maximum Gasteiger partial charge on any atom is 0.129 e. The molecule has 0 aliphatic carbocycles. The molecule has 0 saturated carbocycles. The summed E-state index contributed by atoms with van der Waals surface area (Å²) < 4.78 is 0.976. The number of hydrogen-bond donors (Lipinski definition) is 0. The average molecular weight is 251 g/mol. The zero-order valence-electron chi connectivity index (χ0n) is 7.49. The number of rotatable bonds is 1. The molecule has 0 atom stereocenters. The fourth-order valence-electron chi connectivity index (χ4n) is 1.39. The molecule has 0 aliphatic heterocycles. The van der Waals surface area contributed by atoms with Crippen LogP contribution in [-0.2, 0) is 0 Å². The fourth-order valence-corrected chi connectivity index (χ4v) is 1.74. The normalized spacial score (nSPS) is 10.4. The van der Waals surface area contributed by atoms with Crippen molar-refractivity contribution in [3.05, 3.63) is 39.3 Å². The van der Waals surface area contributed by atoms with Crippen molar-refractivity contribution in [3.8, 4) is 0 Å². The zero-order valence-corrected chi connectivity index (χ0v) is 9.08. The largest absolute Gasteiger partial charge is 0.254 e. The van der Waals surface area contributed by atoms with Gasteiger partial charge in [-0.15, -0.1) is 4.91 Å². The zero-order chi connectivity index (χ0) is 10.1. The van der Waals surface area contributed by atoms with E-state index in [-0.39, 0.29) is 0 Å². The molecular weight excluding hydrogens is 244 g/mol. The highest BCUT2D eigenvalue weighted by molar-refractivity contribution is 9.10. The fraction of sp³-hybridized carbons (Fsp3) is 0.100. The van der Waals surface area contributed by atoms with E-state index >= 15 is 0 Å². The lowest BCUT2D eigenvalue weighted by molar-refractivity contribution is 1.32. The molecule has 3 nitrogen and oxygen atoms in total. The lowest BCUT2D eigenvalue weighted by Crippen LogP contribution is -1.83. The lowest BCUT2D eigenvalue weighted by Gasteiger charge is -2.02. The van der Waals surface area contributed by atoms with E-state index in [4.69, 9.17) is 0 Å². The molecule has 0 unspecified atom stereocenters. The van der Waals surface area contributed by atoms with Gasteiger partial charge in [0.05, 0.1) is 11.7 Å². The average Bonchev–Trinajstić information content (AvgIpc) is 2.18. The van der Waals surface area contributed by atoms with E-state index in [0.717, 1.165) is 20.9 Å². The van der Waals surface area contributed by atoms with Crippen LogP contribution in [0.1, 0.15) is 5.56 Å². The van der Waals surface area contributed by atoms with E-state index in [0.29, 0.717) is 5.69 Å². The van der Waals surface area contributed by atoms with Crippen LogP contribution in [0.15, 0.2) is 34.0 Å². The van der Waals surface area contributed by atoms with Crippen molar-refractivity contribution < 1.29 is 0 Å². The summed E-state index contributed by atoms with van der Waals surface area (Å²) >= 11 is 3.37. The SMILES string of the molecule is Cc1c(N=O)cnc2cc(Br)ccc12. The predicted octanol–water partition coefficient (Wildman–Crippen LogP) is 3.70. The second-order valence-corrected chi connectivity index (χ2v) is 3.94. The number of fused-ring (bicyclic) bond motifs is 1. The Morgan fingerprint density at radius 2 is 2.21 bits per heavy atom. The van der Waals surface area contributed by atoms with Crippen molar-refractivity contribution in [2.75, 3.05) is 0 Å². The van der Waals surface area contributed by atoms with Crippen LogP contribution < -0.4 is 0 Å². The van der Waals surface area contributed by atoms with Gasteiger partial charge in [-0.3, -0.25) is 4.98 Å². The van der Waals surface area contributed by atoms with E-state index in [9.17, 15) is 4.91 Å². The Labute approximate surface area is 89.3 Å². The van der Waals surface area contributed by atoms with Crippen molar-refractivity contribution in [2.24, 2.45) is 5.18 Å². The number of aryl methyl sites for hydroxylation is 1. The summed E-state index contributed by atoms with van der Waals surface area (Å²) in [7, 11) is 0. The molecule has 0 spiro atoms. The van der Waals surface area contributed by atoms with Gasteiger partial charge < -0.3 is 0 Å². The molecule has 1 heterocycles. The predicted molar refractivity (Wildman–Crippen MR) is 59.6 cm³/mol. The molecule has 0 N–H and O–H groups in total. The second-order valence-electron chi connectivity index (χ2n) is 3.02. The molecule has 0 saturated heterocycles. The van der Waals surface area contributed by atoms with Crippen LogP contribution in [0, 0.1) is 11.8 Å². The minimum Gasteiger partial charge on any atom is -0.254 e. The maximum atomic E-state index is 10.4. The first-order chi connectivity index (χ1) is 6.72. The highest BCUT2D eigenvalue weighted by Crippen LogP contribution is 2.27. The summed E-state index contributed by atoms with van der Waals surface area (Å²) in [6.45, 7) is 1.87. The molecule has 1 aromatic carbocycles. The first-order valence-corrected chi connectivity index (χ1v) is 4.90. The van der Waals surface area contributed by atoms with Crippen molar-refractivity contribution in [1.29, 1.82) is 0 Å². The molecule has 0 aliphatic rings. The van der Waals surface area contributed by atoms with Crippen LogP contribution in [0.5, 0.6) is 0 Å². The van der Waals surface area contributed by atoms with Crippen molar-refractivity contribution in [2.45, 2.75) is 6.92 Å². The number of benzene rings is 1. The van der Waals surface area contributed by atoms with E-state index in [2.05, 4.69) is 26.1 Å². The smallest absolute Gasteiger partial charge is 0.129 e. The highest BCUT2D eigenvalue weighted by atomic mass is 79.9. The van der Waals surface area contributed by atoms with Gasteiger partial charge in [0, 0.05) is 9.86 Å². The van der Waals surface area contributed by atoms with Gasteiger partial charge in [0.1, 0.15) is 5.69 Å². The van der Waals surface area contributed by atoms with Crippen molar-refractivity contribution in [1.82, 2.24) is 4.98 Å². The van der Waals surface area contributed by atoms with Gasteiger partial charge in [0.15, 0.2) is 0 Å². The lowest BCUT2D eigenvalue weighted by atomic mass is 10.1. The number of aromatic nitrogens is 1. The minimum atomic E-state index is 0.403. The van der Waals surface area contributed by atoms with Crippen molar-refractivity contribution >= 4 is 32.5 Å². The van der Waals surface area contributed by atoms with Crippen molar-refractivity contribution in [3.63, 3.8) is 0 Å². The van der Waals surface area contributed by atoms with E-state index in [1.165, 1.54) is 6.20 Å². The second kappa shape index (κ2) is 3.46. The topological polar surface area (TPSA) is 42.3 Å². The third kappa shape index (κ3) is 1.42. The van der Waals surface area contributed by atoms with E-state index in [1.54, 1.807) is 0 Å². The number of halogens is 1. The molecule has 0 fully saturated rings. The molecule has 0 amide bonds. The summed E-state index contributed by atoms with van der Waals surface area (Å²) in [5.41, 5.74) is 2.14. The summed E-state index contributed by atoms with van der Waals surface area (Å²) in [6, 6.07) is 5.76. The molecule has 70 valence electrons. The molecule has 2 aromatic rings. The van der Waals surface area contributed by atoms with Crippen LogP contribution in [-0.4, -0.2) is 4.98 Å². The van der Waals surface area contributed by atoms with Gasteiger partial charge >= 0.3 is 0 Å². The van der Waals surface area contributed by atoms with Gasteiger partial charge in [0.25, 0.3) is 0 Å². The summed E-state index contributed by atoms with van der Waals surface area (Å²) in [5, 5.41) is 3.88. The number of hydrogen-bond acceptors (Lipinski definition) is 3. The Kier molecular flexibility index (Phi) is 2.29. The monoisotopic (exact) mass is 250 g/mol. The number of nitrogens with zero attached hydrogens (tertiary/aromatic N) is 2. The van der Waals surface area contributed by atoms with Crippen LogP contribution in [0.4, 0.5) is 5.69 Å². The maximum absolute atomic E-state index is 10.4. The number of nitroso groups, excluding NO2 is 1. The Morgan fingerprint density at radius 3 is 2.93 bits per heavy atom. The summed E-state index contributed by atoms with van der Waals surface area (Å²) in [5.74, 6) is 0. The van der Waals surface area contributed by atoms with E-state index < -0.39 is 0 Å². The van der Waals surface area contributed by atoms with Crippen LogP contribution in [0.2, 0.25) is 0 Å². The molecule has 0 radical (unpaired) electrons. The Morgan fingerprint density at radius 1 is 1.43 bits per heavy atom. The summed E-state index contributed by atoms with van der Waals surface area (Å²) in [4.78, 5) is 14.6. The quantitative estimate of drug-likeness (QED) is 0.725. The van der Waals surface area contributed by atoms with Gasteiger partial charge in [-0.05, 0) is 29.8 Å². The minimum absolute atomic E-state index is 0.403. The number of pyridine rings is 1. The highest BCUT2D eigenvalue weighted by Gasteiger charge is 2.04. The van der Waals surface area contributed by atoms with Gasteiger partial charge in [0.2, 0.25) is 0 Å². The third-order valence-corrected chi connectivity index (χ3v) is 2.67. The molecule has 0 bridgehead atoms. The molecule has 14 heavy (non-hydrogen) atoms. The first-order valence-electron chi connectivity index (χ1n) is 4.10. The van der Waals surface area contributed by atoms with Gasteiger partial charge in [-0.2, -0.15) is 0 Å². The van der Waals surface area contributed by atoms with Crippen LogP contribution in [0.25, 0.3) is 10.9 Å².